The maximum Gasteiger partial charge on any atom is 0.336 e. The van der Waals surface area contributed by atoms with E-state index in [-0.39, 0.29) is 16.5 Å². The molecule has 0 unspecified atom stereocenters. The van der Waals surface area contributed by atoms with Crippen LogP contribution in [0.2, 0.25) is 0 Å². The molecule has 0 aromatic heterocycles. The Morgan fingerprint density at radius 1 is 1.10 bits per heavy atom. The number of methoxy groups -OCH3 is 1. The first-order valence-corrected chi connectivity index (χ1v) is 9.15. The number of carbonyl (C=O) groups excluding carboxylic acids is 4. The highest BCUT2D eigenvalue weighted by Crippen LogP contribution is 2.44. The van der Waals surface area contributed by atoms with E-state index < -0.39 is 54.5 Å². The van der Waals surface area contributed by atoms with Crippen LogP contribution in [-0.4, -0.2) is 66.8 Å². The molecule has 31 heavy (non-hydrogen) atoms. The third kappa shape index (κ3) is 4.11. The Balaban J connectivity index is 2.11. The van der Waals surface area contributed by atoms with E-state index >= 15 is 0 Å². The van der Waals surface area contributed by atoms with Gasteiger partial charge in [-0.05, 0) is 12.1 Å². The number of fused-ring (bicyclic) bond motifs is 1. The van der Waals surface area contributed by atoms with Gasteiger partial charge in [0.25, 0.3) is 0 Å². The highest BCUT2D eigenvalue weighted by atomic mass is 16.8. The van der Waals surface area contributed by atoms with E-state index in [1.807, 2.05) is 0 Å². The predicted octanol–water partition coefficient (Wildman–Crippen LogP) is 0.331. The van der Waals surface area contributed by atoms with Crippen molar-refractivity contribution in [3.8, 4) is 11.5 Å². The average molecular weight is 439 g/mol. The Hall–Kier alpha value is -3.38. The lowest BCUT2D eigenvalue weighted by atomic mass is 9.93. The number of hydrogen-bond donors (Lipinski definition) is 1. The number of ether oxygens (including phenoxy) is 6. The fraction of sp³-hybridized carbons (Fsp3) is 0.474. The van der Waals surface area contributed by atoms with Crippen molar-refractivity contribution in [2.45, 2.75) is 44.9 Å². The fourth-order valence-electron chi connectivity index (χ4n) is 3.37. The molecule has 12 heteroatoms. The molecule has 0 saturated carbocycles. The molecule has 12 nitrogen and oxygen atoms in total. The van der Waals surface area contributed by atoms with Gasteiger partial charge in [0.05, 0.1) is 13.7 Å². The summed E-state index contributed by atoms with van der Waals surface area (Å²) < 4.78 is 32.1. The van der Waals surface area contributed by atoms with Gasteiger partial charge in [-0.25, -0.2) is 0 Å². The van der Waals surface area contributed by atoms with E-state index in [1.54, 1.807) is 0 Å². The zero-order chi connectivity index (χ0) is 22.9. The van der Waals surface area contributed by atoms with Crippen molar-refractivity contribution in [2.24, 2.45) is 0 Å². The van der Waals surface area contributed by atoms with Crippen LogP contribution in [0.1, 0.15) is 20.8 Å². The van der Waals surface area contributed by atoms with Crippen LogP contribution in [-0.2, 0) is 38.1 Å². The second kappa shape index (κ2) is 8.40. The van der Waals surface area contributed by atoms with Gasteiger partial charge in [0, 0.05) is 26.8 Å². The molecule has 1 aromatic rings. The van der Waals surface area contributed by atoms with Crippen LogP contribution in [0.5, 0.6) is 11.5 Å². The SMILES string of the molecule is COc1ccc2c(c1)O[C@]1(OC[C@@H](OC(C)=O)[C@@H](OC(C)=O)[C@@H]1OC(C)=O)C(=O)N2O. The Labute approximate surface area is 176 Å². The van der Waals surface area contributed by atoms with E-state index in [2.05, 4.69) is 0 Å². The van der Waals surface area contributed by atoms with Gasteiger partial charge in [-0.15, -0.1) is 0 Å². The van der Waals surface area contributed by atoms with Crippen LogP contribution in [0, 0.1) is 0 Å². The number of anilines is 1. The zero-order valence-corrected chi connectivity index (χ0v) is 17.1. The van der Waals surface area contributed by atoms with Gasteiger partial charge in [0.2, 0.25) is 6.10 Å². The van der Waals surface area contributed by atoms with Gasteiger partial charge in [-0.2, -0.15) is 5.06 Å². The minimum absolute atomic E-state index is 0.0206. The average Bonchev–Trinajstić information content (AvgIpc) is 2.69. The van der Waals surface area contributed by atoms with Crippen molar-refractivity contribution in [1.29, 1.82) is 0 Å². The lowest BCUT2D eigenvalue weighted by molar-refractivity contribution is -0.302. The van der Waals surface area contributed by atoms with Gasteiger partial charge < -0.3 is 28.4 Å². The Morgan fingerprint density at radius 3 is 2.32 bits per heavy atom. The molecule has 1 fully saturated rings. The van der Waals surface area contributed by atoms with E-state index in [0.29, 0.717) is 5.75 Å². The smallest absolute Gasteiger partial charge is 0.336 e. The standard InChI is InChI=1S/C19H21NO11/c1-9(21)28-15-8-27-19(17(30-11(3)23)16(15)29-10(2)22)18(24)20(25)13-6-5-12(26-4)7-14(13)31-19/h5-7,15-17,25H,8H2,1-4H3/t15-,16-,17+,19+/m1/s1. The largest absolute Gasteiger partial charge is 0.497 e. The summed E-state index contributed by atoms with van der Waals surface area (Å²) in [5.74, 6) is -5.67. The third-order valence-electron chi connectivity index (χ3n) is 4.56. The zero-order valence-electron chi connectivity index (χ0n) is 17.1. The number of nitrogens with zero attached hydrogens (tertiary/aromatic N) is 1. The molecule has 2 aliphatic heterocycles. The van der Waals surface area contributed by atoms with Crippen molar-refractivity contribution in [2.75, 3.05) is 18.8 Å². The fourth-order valence-corrected chi connectivity index (χ4v) is 3.37. The Morgan fingerprint density at radius 2 is 1.74 bits per heavy atom. The van der Waals surface area contributed by atoms with Gasteiger partial charge in [0.15, 0.2) is 18.0 Å². The second-order valence-corrected chi connectivity index (χ2v) is 6.78. The Kier molecular flexibility index (Phi) is 6.04. The molecule has 0 radical (unpaired) electrons. The van der Waals surface area contributed by atoms with Crippen molar-refractivity contribution in [3.05, 3.63) is 18.2 Å². The maximum absolute atomic E-state index is 13.1. The van der Waals surface area contributed by atoms with Crippen LogP contribution >= 0.6 is 0 Å². The molecule has 4 atom stereocenters. The van der Waals surface area contributed by atoms with Gasteiger partial charge in [-0.1, -0.05) is 0 Å². The molecule has 2 aliphatic rings. The monoisotopic (exact) mass is 439 g/mol. The third-order valence-corrected chi connectivity index (χ3v) is 4.56. The molecule has 1 N–H and O–H groups in total. The minimum Gasteiger partial charge on any atom is -0.497 e. The van der Waals surface area contributed by atoms with Crippen LogP contribution in [0.25, 0.3) is 0 Å². The second-order valence-electron chi connectivity index (χ2n) is 6.78. The highest BCUT2D eigenvalue weighted by molar-refractivity contribution is 6.01. The molecule has 3 rings (SSSR count). The lowest BCUT2D eigenvalue weighted by Gasteiger charge is -2.48. The molecule has 1 spiro atoms. The van der Waals surface area contributed by atoms with Crippen molar-refractivity contribution in [3.63, 3.8) is 0 Å². The summed E-state index contributed by atoms with van der Waals surface area (Å²) in [4.78, 5) is 48.2. The Bertz CT molecular complexity index is 916. The normalized spacial score (nSPS) is 27.1. The molecule has 168 valence electrons. The first kappa shape index (κ1) is 22.3. The van der Waals surface area contributed by atoms with E-state index in [1.165, 1.54) is 25.3 Å². The highest BCUT2D eigenvalue weighted by Gasteiger charge is 2.66. The number of carbonyl (C=O) groups is 4. The van der Waals surface area contributed by atoms with E-state index in [0.717, 1.165) is 20.8 Å². The number of hydrogen-bond acceptors (Lipinski definition) is 11. The van der Waals surface area contributed by atoms with Gasteiger partial charge in [0.1, 0.15) is 11.4 Å². The summed E-state index contributed by atoms with van der Waals surface area (Å²) >= 11 is 0. The minimum atomic E-state index is -2.43. The number of hydroxylamine groups is 1. The predicted molar refractivity (Wildman–Crippen MR) is 98.2 cm³/mol. The number of esters is 3. The molecular weight excluding hydrogens is 418 g/mol. The van der Waals surface area contributed by atoms with E-state index in [9.17, 15) is 24.4 Å². The summed E-state index contributed by atoms with van der Waals surface area (Å²) in [7, 11) is 1.40. The number of amides is 1. The molecule has 1 aromatic carbocycles. The van der Waals surface area contributed by atoms with Crippen LogP contribution in [0.4, 0.5) is 5.69 Å². The molecule has 0 aliphatic carbocycles. The topological polar surface area (TPSA) is 147 Å². The first-order chi connectivity index (χ1) is 14.6. The molecule has 1 saturated heterocycles. The van der Waals surface area contributed by atoms with Crippen LogP contribution in [0.3, 0.4) is 0 Å². The van der Waals surface area contributed by atoms with Crippen LogP contribution in [0.15, 0.2) is 18.2 Å². The molecule has 0 bridgehead atoms. The number of benzene rings is 1. The maximum atomic E-state index is 13.1. The quantitative estimate of drug-likeness (QED) is 0.393. The summed E-state index contributed by atoms with van der Waals surface area (Å²) in [5.41, 5.74) is -0.0206. The summed E-state index contributed by atoms with van der Waals surface area (Å²) in [6.45, 7) is 2.79. The number of rotatable bonds is 4. The van der Waals surface area contributed by atoms with E-state index in [4.69, 9.17) is 28.4 Å². The van der Waals surface area contributed by atoms with Crippen LogP contribution < -0.4 is 14.5 Å². The van der Waals surface area contributed by atoms with Gasteiger partial charge >= 0.3 is 29.6 Å². The van der Waals surface area contributed by atoms with Gasteiger partial charge in [-0.3, -0.25) is 24.4 Å². The lowest BCUT2D eigenvalue weighted by Crippen LogP contribution is -2.72. The summed E-state index contributed by atoms with van der Waals surface area (Å²) in [5, 5.41) is 10.8. The first-order valence-electron chi connectivity index (χ1n) is 9.15. The van der Waals surface area contributed by atoms with Crippen molar-refractivity contribution >= 4 is 29.5 Å². The van der Waals surface area contributed by atoms with Crippen molar-refractivity contribution < 1.29 is 52.8 Å². The summed E-state index contributed by atoms with van der Waals surface area (Å²) in [6, 6.07) is 4.23. The molecular formula is C19H21NO11. The molecule has 1 amide bonds. The molecule has 2 heterocycles. The van der Waals surface area contributed by atoms with Crippen molar-refractivity contribution in [1.82, 2.24) is 0 Å². The summed E-state index contributed by atoms with van der Waals surface area (Å²) in [6.07, 6.45) is -4.41.